The van der Waals surface area contributed by atoms with Gasteiger partial charge in [0, 0.05) is 51.4 Å². The van der Waals surface area contributed by atoms with Crippen molar-refractivity contribution in [2.24, 2.45) is 0 Å². The van der Waals surface area contributed by atoms with E-state index >= 15 is 0 Å². The molecule has 1 aromatic rings. The van der Waals surface area contributed by atoms with E-state index in [1.54, 1.807) is 0 Å². The Labute approximate surface area is 144 Å². The number of hydrogen-bond acceptors (Lipinski definition) is 5. The molecule has 0 bridgehead atoms. The fraction of sp³-hybridized carbons (Fsp3) is 0.462. The van der Waals surface area contributed by atoms with E-state index in [0.717, 1.165) is 10.4 Å². The first kappa shape index (κ1) is 18.6. The number of rotatable bonds is 4. The summed E-state index contributed by atoms with van der Waals surface area (Å²) in [5.41, 5.74) is -0.427. The van der Waals surface area contributed by atoms with Crippen LogP contribution in [-0.4, -0.2) is 73.0 Å². The number of nitrogens with zero attached hydrogens (tertiary/aromatic N) is 4. The normalized spacial score (nSPS) is 16.4. The van der Waals surface area contributed by atoms with Gasteiger partial charge in [-0.15, -0.1) is 0 Å². The van der Waals surface area contributed by atoms with Gasteiger partial charge in [0.1, 0.15) is 5.56 Å². The van der Waals surface area contributed by atoms with Crippen molar-refractivity contribution >= 4 is 33.4 Å². The highest BCUT2D eigenvalue weighted by Gasteiger charge is 2.32. The van der Waals surface area contributed by atoms with Crippen LogP contribution in [0.5, 0.6) is 0 Å². The van der Waals surface area contributed by atoms with Gasteiger partial charge in [-0.05, 0) is 12.1 Å². The van der Waals surface area contributed by atoms with Gasteiger partial charge in [-0.1, -0.05) is 11.6 Å². The van der Waals surface area contributed by atoms with Crippen molar-refractivity contribution < 1.29 is 18.1 Å². The molecule has 1 saturated heterocycles. The number of nitro groups is 1. The van der Waals surface area contributed by atoms with Crippen LogP contribution in [-0.2, 0) is 10.2 Å². The number of hydrogen-bond donors (Lipinski definition) is 0. The minimum absolute atomic E-state index is 0.0617. The van der Waals surface area contributed by atoms with Gasteiger partial charge in [-0.25, -0.2) is 0 Å². The van der Waals surface area contributed by atoms with Crippen molar-refractivity contribution in [2.75, 3.05) is 40.3 Å². The van der Waals surface area contributed by atoms with E-state index in [-0.39, 0.29) is 42.5 Å². The number of carbonyl (C=O) groups excluding carboxylic acids is 1. The largest absolute Gasteiger partial charge is 0.336 e. The van der Waals surface area contributed by atoms with Crippen LogP contribution < -0.4 is 0 Å². The van der Waals surface area contributed by atoms with Crippen molar-refractivity contribution in [3.63, 3.8) is 0 Å². The van der Waals surface area contributed by atoms with E-state index < -0.39 is 21.0 Å². The van der Waals surface area contributed by atoms with Crippen LogP contribution in [0.1, 0.15) is 10.4 Å². The van der Waals surface area contributed by atoms with Gasteiger partial charge in [0.15, 0.2) is 0 Å². The Balaban J connectivity index is 2.16. The lowest BCUT2D eigenvalue weighted by molar-refractivity contribution is -0.385. The van der Waals surface area contributed by atoms with Crippen LogP contribution in [0, 0.1) is 10.1 Å². The molecule has 11 heteroatoms. The minimum atomic E-state index is -3.54. The van der Waals surface area contributed by atoms with Gasteiger partial charge in [-0.3, -0.25) is 14.9 Å². The Bertz CT molecular complexity index is 760. The predicted octanol–water partition coefficient (Wildman–Crippen LogP) is 0.812. The summed E-state index contributed by atoms with van der Waals surface area (Å²) in [6, 6.07) is 3.85. The van der Waals surface area contributed by atoms with Crippen molar-refractivity contribution in [3.05, 3.63) is 38.9 Å². The van der Waals surface area contributed by atoms with E-state index in [1.807, 2.05) is 0 Å². The molecule has 0 aliphatic carbocycles. The summed E-state index contributed by atoms with van der Waals surface area (Å²) in [7, 11) is -0.669. The van der Waals surface area contributed by atoms with E-state index in [0.29, 0.717) is 0 Å². The molecule has 0 atom stereocenters. The first-order chi connectivity index (χ1) is 11.1. The molecular formula is C13H17ClN4O5S. The number of benzene rings is 1. The summed E-state index contributed by atoms with van der Waals surface area (Å²) in [6.07, 6.45) is 0. The van der Waals surface area contributed by atoms with Gasteiger partial charge < -0.3 is 4.90 Å². The molecule has 1 aliphatic heterocycles. The topological polar surface area (TPSA) is 104 Å². The number of amides is 1. The van der Waals surface area contributed by atoms with Crippen molar-refractivity contribution in [3.8, 4) is 0 Å². The third-order valence-corrected chi connectivity index (χ3v) is 5.88. The summed E-state index contributed by atoms with van der Waals surface area (Å²) in [5, 5.41) is 11.3. The lowest BCUT2D eigenvalue weighted by Gasteiger charge is -2.35. The summed E-state index contributed by atoms with van der Waals surface area (Å²) in [5.74, 6) is -0.514. The average molecular weight is 377 g/mol. The maximum absolute atomic E-state index is 12.5. The highest BCUT2D eigenvalue weighted by Crippen LogP contribution is 2.25. The molecule has 24 heavy (non-hydrogen) atoms. The number of piperazine rings is 1. The van der Waals surface area contributed by atoms with E-state index in [9.17, 15) is 23.3 Å². The second-order valence-corrected chi connectivity index (χ2v) is 7.98. The number of carbonyl (C=O) groups is 1. The lowest BCUT2D eigenvalue weighted by Crippen LogP contribution is -2.53. The Morgan fingerprint density at radius 2 is 1.83 bits per heavy atom. The minimum Gasteiger partial charge on any atom is -0.336 e. The van der Waals surface area contributed by atoms with Crippen molar-refractivity contribution in [1.29, 1.82) is 0 Å². The van der Waals surface area contributed by atoms with Crippen LogP contribution in [0.3, 0.4) is 0 Å². The maximum Gasteiger partial charge on any atom is 0.283 e. The smallest absolute Gasteiger partial charge is 0.283 e. The standard InChI is InChI=1S/C13H17ClN4O5S/c1-15(2)24(22,23)17-7-5-16(6-8-17)13(19)11-4-3-10(14)9-12(11)18(20)21/h3-4,9H,5-8H2,1-2H3. The van der Waals surface area contributed by atoms with Crippen molar-refractivity contribution in [2.45, 2.75) is 0 Å². The molecule has 0 spiro atoms. The second-order valence-electron chi connectivity index (χ2n) is 5.40. The number of nitro benzene ring substituents is 1. The monoisotopic (exact) mass is 376 g/mol. The Morgan fingerprint density at radius 1 is 1.25 bits per heavy atom. The Morgan fingerprint density at radius 3 is 2.33 bits per heavy atom. The molecule has 9 nitrogen and oxygen atoms in total. The van der Waals surface area contributed by atoms with Crippen LogP contribution >= 0.6 is 11.6 Å². The SMILES string of the molecule is CN(C)S(=O)(=O)N1CCN(C(=O)c2ccc(Cl)cc2[N+](=O)[O-])CC1. The van der Waals surface area contributed by atoms with Crippen LogP contribution in [0.4, 0.5) is 5.69 Å². The van der Waals surface area contributed by atoms with Crippen LogP contribution in [0.25, 0.3) is 0 Å². The lowest BCUT2D eigenvalue weighted by atomic mass is 10.1. The van der Waals surface area contributed by atoms with Crippen molar-refractivity contribution in [1.82, 2.24) is 13.5 Å². The summed E-state index contributed by atoms with van der Waals surface area (Å²) in [6.45, 7) is 0.582. The van der Waals surface area contributed by atoms with E-state index in [1.165, 1.54) is 35.4 Å². The molecule has 0 aromatic heterocycles. The molecule has 1 aromatic carbocycles. The third-order valence-electron chi connectivity index (χ3n) is 3.70. The summed E-state index contributed by atoms with van der Waals surface area (Å²) < 4.78 is 26.5. The zero-order valence-electron chi connectivity index (χ0n) is 13.2. The molecule has 1 aliphatic rings. The molecule has 1 fully saturated rings. The first-order valence-corrected chi connectivity index (χ1v) is 8.83. The highest BCUT2D eigenvalue weighted by atomic mass is 35.5. The van der Waals surface area contributed by atoms with Gasteiger partial charge in [-0.2, -0.15) is 17.0 Å². The third kappa shape index (κ3) is 3.66. The van der Waals surface area contributed by atoms with E-state index in [2.05, 4.69) is 0 Å². The predicted molar refractivity (Wildman–Crippen MR) is 88.2 cm³/mol. The van der Waals surface area contributed by atoms with Gasteiger partial charge in [0.05, 0.1) is 4.92 Å². The fourth-order valence-electron chi connectivity index (χ4n) is 2.36. The molecule has 1 heterocycles. The Kier molecular flexibility index (Phi) is 5.43. The zero-order valence-corrected chi connectivity index (χ0v) is 14.7. The molecule has 2 rings (SSSR count). The molecule has 0 unspecified atom stereocenters. The van der Waals surface area contributed by atoms with Gasteiger partial charge in [0.2, 0.25) is 0 Å². The molecule has 1 amide bonds. The quantitative estimate of drug-likeness (QED) is 0.571. The molecule has 0 N–H and O–H groups in total. The van der Waals surface area contributed by atoms with Crippen LogP contribution in [0.2, 0.25) is 5.02 Å². The average Bonchev–Trinajstić information content (AvgIpc) is 2.54. The van der Waals surface area contributed by atoms with Gasteiger partial charge >= 0.3 is 0 Å². The van der Waals surface area contributed by atoms with Crippen LogP contribution in [0.15, 0.2) is 18.2 Å². The first-order valence-electron chi connectivity index (χ1n) is 7.05. The molecule has 0 radical (unpaired) electrons. The highest BCUT2D eigenvalue weighted by molar-refractivity contribution is 7.86. The fourth-order valence-corrected chi connectivity index (χ4v) is 3.61. The summed E-state index contributed by atoms with van der Waals surface area (Å²) >= 11 is 5.74. The second kappa shape index (κ2) is 7.01. The van der Waals surface area contributed by atoms with Gasteiger partial charge in [0.25, 0.3) is 21.8 Å². The molecular weight excluding hydrogens is 360 g/mol. The Hall–Kier alpha value is -1.75. The van der Waals surface area contributed by atoms with E-state index in [4.69, 9.17) is 11.6 Å². The molecule has 0 saturated carbocycles. The number of halogens is 1. The molecule has 132 valence electrons. The summed E-state index contributed by atoms with van der Waals surface area (Å²) in [4.78, 5) is 24.4. The zero-order chi connectivity index (χ0) is 18.1. The maximum atomic E-state index is 12.5.